The molecule has 5 nitrogen and oxygen atoms in total. The van der Waals surface area contributed by atoms with Crippen molar-refractivity contribution in [2.45, 2.75) is 88.0 Å². The van der Waals surface area contributed by atoms with Crippen LogP contribution in [0, 0.1) is 11.8 Å². The third-order valence-electron chi connectivity index (χ3n) is 9.24. The summed E-state index contributed by atoms with van der Waals surface area (Å²) in [6, 6.07) is 4.97. The van der Waals surface area contributed by atoms with Crippen LogP contribution < -0.4 is 5.73 Å². The number of epoxide rings is 1. The summed E-state index contributed by atoms with van der Waals surface area (Å²) in [5, 5.41) is 11.2. The Labute approximate surface area is 172 Å². The number of amides is 1. The van der Waals surface area contributed by atoms with E-state index in [1.54, 1.807) is 6.07 Å². The van der Waals surface area contributed by atoms with Crippen LogP contribution in [0.2, 0.25) is 0 Å². The minimum atomic E-state index is -0.536. The highest BCUT2D eigenvalue weighted by molar-refractivity contribution is 5.96. The van der Waals surface area contributed by atoms with Crippen molar-refractivity contribution in [3.63, 3.8) is 0 Å². The van der Waals surface area contributed by atoms with Crippen molar-refractivity contribution in [1.29, 1.82) is 0 Å². The fraction of sp³-hybridized carbons (Fsp3) is 0.708. The summed E-state index contributed by atoms with van der Waals surface area (Å²) in [5.74, 6) is 0.984. The average Bonchev–Trinajstić information content (AvgIpc) is 3.36. The van der Waals surface area contributed by atoms with Gasteiger partial charge in [-0.3, -0.25) is 9.69 Å². The van der Waals surface area contributed by atoms with E-state index in [0.29, 0.717) is 30.2 Å². The van der Waals surface area contributed by atoms with Gasteiger partial charge in [-0.1, -0.05) is 12.5 Å². The Bertz CT molecular complexity index is 866. The van der Waals surface area contributed by atoms with Crippen LogP contribution in [-0.4, -0.2) is 46.7 Å². The fourth-order valence-electron chi connectivity index (χ4n) is 7.47. The van der Waals surface area contributed by atoms with Gasteiger partial charge in [-0.2, -0.15) is 0 Å². The van der Waals surface area contributed by atoms with Gasteiger partial charge in [-0.05, 0) is 81.9 Å². The molecule has 6 unspecified atom stereocenters. The third kappa shape index (κ3) is 2.50. The standard InChI is InChI=1S/C24H32N2O3/c1-13(14-3-2-4-14)26-10-9-24-12-20-19(29-20)8-7-17(24)18(26)11-15-5-6-16(23(25)28)22(27)21(15)24/h5-6,13-14,17-20,27H,2-4,7-12H2,1H3,(H2,25,28). The molecule has 1 aromatic carbocycles. The highest BCUT2D eigenvalue weighted by Crippen LogP contribution is 2.60. The molecule has 1 amide bonds. The van der Waals surface area contributed by atoms with Gasteiger partial charge < -0.3 is 15.6 Å². The van der Waals surface area contributed by atoms with Crippen molar-refractivity contribution >= 4 is 5.91 Å². The van der Waals surface area contributed by atoms with Crippen molar-refractivity contribution in [1.82, 2.24) is 4.90 Å². The van der Waals surface area contributed by atoms with Crippen molar-refractivity contribution < 1.29 is 14.6 Å². The average molecular weight is 397 g/mol. The van der Waals surface area contributed by atoms with Gasteiger partial charge in [0.1, 0.15) is 5.75 Å². The molecule has 4 fully saturated rings. The van der Waals surface area contributed by atoms with E-state index in [9.17, 15) is 9.90 Å². The van der Waals surface area contributed by atoms with E-state index in [1.165, 1.54) is 24.8 Å². The number of rotatable bonds is 3. The van der Waals surface area contributed by atoms with Gasteiger partial charge >= 0.3 is 0 Å². The number of ether oxygens (including phenoxy) is 1. The maximum Gasteiger partial charge on any atom is 0.252 e. The number of hydrogen-bond donors (Lipinski definition) is 2. The van der Waals surface area contributed by atoms with Gasteiger partial charge in [0.05, 0.1) is 17.8 Å². The van der Waals surface area contributed by atoms with E-state index in [1.807, 2.05) is 0 Å². The smallest absolute Gasteiger partial charge is 0.252 e. The second-order valence-electron chi connectivity index (χ2n) is 10.3. The van der Waals surface area contributed by atoms with Crippen LogP contribution >= 0.6 is 0 Å². The molecule has 2 saturated heterocycles. The summed E-state index contributed by atoms with van der Waals surface area (Å²) in [4.78, 5) is 14.8. The lowest BCUT2D eigenvalue weighted by Crippen LogP contribution is -2.63. The normalized spacial score (nSPS) is 39.3. The molecule has 5 heteroatoms. The van der Waals surface area contributed by atoms with E-state index >= 15 is 0 Å². The summed E-state index contributed by atoms with van der Waals surface area (Å²) in [5.41, 5.74) is 8.04. The number of hydrogen-bond acceptors (Lipinski definition) is 4. The number of likely N-dealkylation sites (tertiary alicyclic amines) is 1. The van der Waals surface area contributed by atoms with Crippen LogP contribution in [0.1, 0.15) is 73.4 Å². The van der Waals surface area contributed by atoms with Gasteiger partial charge in [-0.15, -0.1) is 0 Å². The van der Waals surface area contributed by atoms with Crippen LogP contribution in [0.15, 0.2) is 12.1 Å². The SMILES string of the molecule is CC(C1CCC1)N1CCC23CC4OC4CCC2C1Cc1ccc(C(N)=O)c(O)c13. The zero-order chi connectivity index (χ0) is 19.9. The van der Waals surface area contributed by atoms with Crippen molar-refractivity contribution in [3.05, 3.63) is 28.8 Å². The summed E-state index contributed by atoms with van der Waals surface area (Å²) >= 11 is 0. The molecule has 2 bridgehead atoms. The van der Waals surface area contributed by atoms with Crippen LogP contribution in [-0.2, 0) is 16.6 Å². The maximum atomic E-state index is 12.0. The molecule has 6 atom stereocenters. The monoisotopic (exact) mass is 396 g/mol. The molecule has 5 aliphatic rings. The zero-order valence-corrected chi connectivity index (χ0v) is 17.3. The first kappa shape index (κ1) is 18.2. The number of phenols is 1. The van der Waals surface area contributed by atoms with Gasteiger partial charge in [0.15, 0.2) is 0 Å². The molecule has 2 saturated carbocycles. The lowest BCUT2D eigenvalue weighted by molar-refractivity contribution is -0.0425. The highest BCUT2D eigenvalue weighted by Gasteiger charge is 2.60. The minimum Gasteiger partial charge on any atom is -0.507 e. The Balaban J connectivity index is 1.47. The second kappa shape index (κ2) is 6.21. The highest BCUT2D eigenvalue weighted by atomic mass is 16.6. The van der Waals surface area contributed by atoms with Gasteiger partial charge in [-0.25, -0.2) is 0 Å². The van der Waals surface area contributed by atoms with Crippen molar-refractivity contribution in [2.24, 2.45) is 17.6 Å². The molecule has 156 valence electrons. The van der Waals surface area contributed by atoms with Crippen LogP contribution in [0.25, 0.3) is 0 Å². The number of primary amides is 1. The number of piperidine rings is 1. The summed E-state index contributed by atoms with van der Waals surface area (Å²) < 4.78 is 5.98. The quantitative estimate of drug-likeness (QED) is 0.770. The Morgan fingerprint density at radius 3 is 2.83 bits per heavy atom. The number of fused-ring (bicyclic) bond motifs is 2. The largest absolute Gasteiger partial charge is 0.507 e. The molecule has 3 N–H and O–H groups in total. The number of carbonyl (C=O) groups excluding carboxylic acids is 1. The first-order valence-electron chi connectivity index (χ1n) is 11.6. The molecule has 6 rings (SSSR count). The molecular formula is C24H32N2O3. The molecular weight excluding hydrogens is 364 g/mol. The summed E-state index contributed by atoms with van der Waals surface area (Å²) in [6.07, 6.45) is 10.1. The van der Waals surface area contributed by atoms with Gasteiger partial charge in [0.2, 0.25) is 0 Å². The molecule has 0 spiro atoms. The van der Waals surface area contributed by atoms with Gasteiger partial charge in [0.25, 0.3) is 5.91 Å². The molecule has 2 heterocycles. The van der Waals surface area contributed by atoms with Crippen molar-refractivity contribution in [2.75, 3.05) is 6.54 Å². The van der Waals surface area contributed by atoms with Crippen LogP contribution in [0.5, 0.6) is 5.75 Å². The van der Waals surface area contributed by atoms with Crippen LogP contribution in [0.4, 0.5) is 0 Å². The minimum absolute atomic E-state index is 0.0838. The van der Waals surface area contributed by atoms with E-state index < -0.39 is 5.91 Å². The Kier molecular flexibility index (Phi) is 3.90. The summed E-state index contributed by atoms with van der Waals surface area (Å²) in [6.45, 7) is 3.52. The third-order valence-corrected chi connectivity index (χ3v) is 9.24. The molecule has 3 aliphatic carbocycles. The first-order chi connectivity index (χ1) is 14.0. The Morgan fingerprint density at radius 2 is 2.10 bits per heavy atom. The zero-order valence-electron chi connectivity index (χ0n) is 17.3. The van der Waals surface area contributed by atoms with E-state index in [4.69, 9.17) is 10.5 Å². The second-order valence-corrected chi connectivity index (χ2v) is 10.3. The molecule has 2 aliphatic heterocycles. The van der Waals surface area contributed by atoms with Crippen molar-refractivity contribution in [3.8, 4) is 5.75 Å². The lowest BCUT2D eigenvalue weighted by atomic mass is 9.54. The molecule has 0 radical (unpaired) electrons. The lowest BCUT2D eigenvalue weighted by Gasteiger charge is -2.59. The predicted molar refractivity (Wildman–Crippen MR) is 110 cm³/mol. The number of nitrogens with zero attached hydrogens (tertiary/aromatic N) is 1. The van der Waals surface area contributed by atoms with E-state index in [-0.39, 0.29) is 16.7 Å². The molecule has 29 heavy (non-hydrogen) atoms. The van der Waals surface area contributed by atoms with E-state index in [0.717, 1.165) is 50.1 Å². The number of benzene rings is 1. The number of nitrogens with two attached hydrogens (primary N) is 1. The van der Waals surface area contributed by atoms with Crippen LogP contribution in [0.3, 0.4) is 0 Å². The number of aromatic hydroxyl groups is 1. The van der Waals surface area contributed by atoms with Gasteiger partial charge in [0, 0.05) is 23.1 Å². The predicted octanol–water partition coefficient (Wildman–Crippen LogP) is 3.12. The maximum absolute atomic E-state index is 12.0. The Hall–Kier alpha value is -1.59. The topological polar surface area (TPSA) is 79.1 Å². The van der Waals surface area contributed by atoms with E-state index in [2.05, 4.69) is 17.9 Å². The summed E-state index contributed by atoms with van der Waals surface area (Å²) in [7, 11) is 0. The molecule has 0 aromatic heterocycles. The molecule has 1 aromatic rings. The Morgan fingerprint density at radius 1 is 1.28 bits per heavy atom. The number of carbonyl (C=O) groups is 1. The first-order valence-corrected chi connectivity index (χ1v) is 11.6. The fourth-order valence-corrected chi connectivity index (χ4v) is 7.47.